The van der Waals surface area contributed by atoms with Crippen molar-refractivity contribution in [1.29, 1.82) is 0 Å². The van der Waals surface area contributed by atoms with Gasteiger partial charge >= 0.3 is 5.97 Å². The third-order valence-corrected chi connectivity index (χ3v) is 4.26. The summed E-state index contributed by atoms with van der Waals surface area (Å²) in [4.78, 5) is 23.8. The molecule has 0 unspecified atom stereocenters. The average Bonchev–Trinajstić information content (AvgIpc) is 2.77. The monoisotopic (exact) mass is 267 g/mol. The summed E-state index contributed by atoms with van der Waals surface area (Å²) in [6, 6.07) is 3.34. The van der Waals surface area contributed by atoms with Crippen molar-refractivity contribution in [3.8, 4) is 0 Å². The molecule has 0 saturated heterocycles. The quantitative estimate of drug-likeness (QED) is 0.827. The number of nitrogens with one attached hydrogen (secondary N) is 1. The lowest BCUT2D eigenvalue weighted by atomic mass is 9.95. The molecule has 2 N–H and O–H groups in total. The van der Waals surface area contributed by atoms with E-state index < -0.39 is 11.9 Å². The minimum atomic E-state index is -0.798. The van der Waals surface area contributed by atoms with E-state index in [1.807, 2.05) is 11.4 Å². The molecule has 0 bridgehead atoms. The molecule has 1 aliphatic rings. The Labute approximate surface area is 110 Å². The van der Waals surface area contributed by atoms with E-state index in [2.05, 4.69) is 5.32 Å². The summed E-state index contributed by atoms with van der Waals surface area (Å²) in [6.07, 6.45) is 4.38. The Morgan fingerprint density at radius 3 is 2.72 bits per heavy atom. The Balaban J connectivity index is 2.04. The average molecular weight is 267 g/mol. The SMILES string of the molecule is O=C(N[C@H]1CCCCC[C@@H]1C(=O)O)c1cccs1. The number of hydrogen-bond donors (Lipinski definition) is 2. The molecule has 0 aromatic carbocycles. The molecule has 1 aliphatic carbocycles. The first-order valence-corrected chi connectivity index (χ1v) is 7.13. The van der Waals surface area contributed by atoms with Gasteiger partial charge in [0.1, 0.15) is 0 Å². The summed E-state index contributed by atoms with van der Waals surface area (Å²) >= 11 is 1.37. The van der Waals surface area contributed by atoms with Crippen LogP contribution in [0.15, 0.2) is 17.5 Å². The summed E-state index contributed by atoms with van der Waals surface area (Å²) in [5.41, 5.74) is 0. The highest BCUT2D eigenvalue weighted by molar-refractivity contribution is 7.12. The number of carbonyl (C=O) groups excluding carboxylic acids is 1. The second-order valence-electron chi connectivity index (χ2n) is 4.64. The van der Waals surface area contributed by atoms with Crippen LogP contribution >= 0.6 is 11.3 Å². The number of rotatable bonds is 3. The number of aliphatic carboxylic acids is 1. The third-order valence-electron chi connectivity index (χ3n) is 3.39. The predicted octanol–water partition coefficient (Wildman–Crippen LogP) is 2.51. The highest BCUT2D eigenvalue weighted by Crippen LogP contribution is 2.24. The Kier molecular flexibility index (Phi) is 4.36. The fourth-order valence-corrected chi connectivity index (χ4v) is 3.05. The first-order chi connectivity index (χ1) is 8.68. The lowest BCUT2D eigenvalue weighted by molar-refractivity contribution is -0.142. The predicted molar refractivity (Wildman–Crippen MR) is 69.8 cm³/mol. The number of carbonyl (C=O) groups is 2. The van der Waals surface area contributed by atoms with Crippen molar-refractivity contribution < 1.29 is 14.7 Å². The van der Waals surface area contributed by atoms with Crippen LogP contribution in [0.2, 0.25) is 0 Å². The minimum absolute atomic E-state index is 0.150. The molecule has 1 aromatic rings. The first-order valence-electron chi connectivity index (χ1n) is 6.25. The maximum Gasteiger partial charge on any atom is 0.308 e. The van der Waals surface area contributed by atoms with E-state index in [1.54, 1.807) is 6.07 Å². The minimum Gasteiger partial charge on any atom is -0.481 e. The van der Waals surface area contributed by atoms with Crippen molar-refractivity contribution in [3.63, 3.8) is 0 Å². The number of hydrogen-bond acceptors (Lipinski definition) is 3. The van der Waals surface area contributed by atoms with Crippen molar-refractivity contribution in [2.45, 2.75) is 38.1 Å². The fraction of sp³-hybridized carbons (Fsp3) is 0.538. The van der Waals surface area contributed by atoms with Crippen LogP contribution in [0.4, 0.5) is 0 Å². The zero-order valence-corrected chi connectivity index (χ0v) is 10.9. The van der Waals surface area contributed by atoms with Gasteiger partial charge in [-0.05, 0) is 24.3 Å². The standard InChI is InChI=1S/C13H17NO3S/c15-12(11-7-4-8-18-11)14-10-6-3-1-2-5-9(10)13(16)17/h4,7-10H,1-3,5-6H2,(H,14,15)(H,16,17)/t9-,10-/m0/s1. The van der Waals surface area contributed by atoms with Crippen LogP contribution in [-0.2, 0) is 4.79 Å². The smallest absolute Gasteiger partial charge is 0.308 e. The Morgan fingerprint density at radius 2 is 2.06 bits per heavy atom. The second kappa shape index (κ2) is 6.00. The molecule has 98 valence electrons. The van der Waals surface area contributed by atoms with Gasteiger partial charge in [-0.15, -0.1) is 11.3 Å². The van der Waals surface area contributed by atoms with Gasteiger partial charge < -0.3 is 10.4 Å². The van der Waals surface area contributed by atoms with E-state index >= 15 is 0 Å². The van der Waals surface area contributed by atoms with Crippen molar-refractivity contribution in [2.75, 3.05) is 0 Å². The highest BCUT2D eigenvalue weighted by atomic mass is 32.1. The van der Waals surface area contributed by atoms with E-state index in [1.165, 1.54) is 11.3 Å². The van der Waals surface area contributed by atoms with Gasteiger partial charge in [-0.1, -0.05) is 25.3 Å². The molecule has 18 heavy (non-hydrogen) atoms. The number of amides is 1. The van der Waals surface area contributed by atoms with Crippen LogP contribution in [0, 0.1) is 5.92 Å². The number of thiophene rings is 1. The topological polar surface area (TPSA) is 66.4 Å². The maximum absolute atomic E-state index is 12.0. The molecular formula is C13H17NO3S. The van der Waals surface area contributed by atoms with Crippen LogP contribution in [-0.4, -0.2) is 23.0 Å². The normalized spacial score (nSPS) is 24.2. The molecule has 0 aliphatic heterocycles. The molecule has 0 radical (unpaired) electrons. The van der Waals surface area contributed by atoms with Gasteiger partial charge in [0.25, 0.3) is 5.91 Å². The fourth-order valence-electron chi connectivity index (χ4n) is 2.42. The molecule has 0 spiro atoms. The number of carboxylic acids is 1. The summed E-state index contributed by atoms with van der Waals surface area (Å²) in [7, 11) is 0. The molecule has 1 saturated carbocycles. The van der Waals surface area contributed by atoms with Crippen LogP contribution < -0.4 is 5.32 Å². The van der Waals surface area contributed by atoms with Crippen molar-refractivity contribution >= 4 is 23.2 Å². The van der Waals surface area contributed by atoms with E-state index in [0.717, 1.165) is 25.7 Å². The lowest BCUT2D eigenvalue weighted by Crippen LogP contribution is -2.42. The van der Waals surface area contributed by atoms with Gasteiger partial charge in [0.05, 0.1) is 10.8 Å². The molecule has 2 rings (SSSR count). The van der Waals surface area contributed by atoms with Crippen LogP contribution in [0.3, 0.4) is 0 Å². The van der Waals surface area contributed by atoms with Gasteiger partial charge in [-0.2, -0.15) is 0 Å². The summed E-state index contributed by atoms with van der Waals surface area (Å²) in [5, 5.41) is 14.0. The molecule has 1 heterocycles. The molecule has 1 fully saturated rings. The Hall–Kier alpha value is -1.36. The second-order valence-corrected chi connectivity index (χ2v) is 5.59. The highest BCUT2D eigenvalue weighted by Gasteiger charge is 2.30. The molecule has 4 nitrogen and oxygen atoms in total. The number of carboxylic acid groups (broad SMARTS) is 1. The van der Waals surface area contributed by atoms with Gasteiger partial charge in [-0.3, -0.25) is 9.59 Å². The van der Waals surface area contributed by atoms with E-state index in [9.17, 15) is 14.7 Å². The lowest BCUT2D eigenvalue weighted by Gasteiger charge is -2.22. The summed E-state index contributed by atoms with van der Waals surface area (Å²) in [6.45, 7) is 0. The van der Waals surface area contributed by atoms with Crippen LogP contribution in [0.1, 0.15) is 41.8 Å². The summed E-state index contributed by atoms with van der Waals surface area (Å²) < 4.78 is 0. The third kappa shape index (κ3) is 3.10. The van der Waals surface area contributed by atoms with Crippen molar-refractivity contribution in [2.24, 2.45) is 5.92 Å². The van der Waals surface area contributed by atoms with Gasteiger partial charge in [0.15, 0.2) is 0 Å². The molecular weight excluding hydrogens is 250 g/mol. The maximum atomic E-state index is 12.0. The molecule has 1 amide bonds. The largest absolute Gasteiger partial charge is 0.481 e. The van der Waals surface area contributed by atoms with E-state index in [4.69, 9.17) is 0 Å². The van der Waals surface area contributed by atoms with Crippen molar-refractivity contribution in [1.82, 2.24) is 5.32 Å². The van der Waals surface area contributed by atoms with E-state index in [0.29, 0.717) is 11.3 Å². The van der Waals surface area contributed by atoms with Crippen molar-refractivity contribution in [3.05, 3.63) is 22.4 Å². The Morgan fingerprint density at radius 1 is 1.28 bits per heavy atom. The molecule has 5 heteroatoms. The van der Waals surface area contributed by atoms with Crippen LogP contribution in [0.5, 0.6) is 0 Å². The van der Waals surface area contributed by atoms with E-state index in [-0.39, 0.29) is 11.9 Å². The molecule has 1 aromatic heterocycles. The summed E-state index contributed by atoms with van der Waals surface area (Å²) in [5.74, 6) is -1.40. The van der Waals surface area contributed by atoms with Gasteiger partial charge in [0, 0.05) is 6.04 Å². The first kappa shape index (κ1) is 13.1. The van der Waals surface area contributed by atoms with Crippen LogP contribution in [0.25, 0.3) is 0 Å². The Bertz CT molecular complexity index is 416. The molecule has 2 atom stereocenters. The zero-order chi connectivity index (χ0) is 13.0. The zero-order valence-electron chi connectivity index (χ0n) is 10.1. The van der Waals surface area contributed by atoms with Gasteiger partial charge in [0.2, 0.25) is 0 Å². The van der Waals surface area contributed by atoms with Gasteiger partial charge in [-0.25, -0.2) is 0 Å².